The highest BCUT2D eigenvalue weighted by atomic mass is 32.1. The number of thiophene rings is 1. The number of carbonyl (C=O) groups excluding carboxylic acids is 3. The van der Waals surface area contributed by atoms with Gasteiger partial charge in [-0.05, 0) is 60.9 Å². The molecule has 3 heterocycles. The fraction of sp³-hybridized carbons (Fsp3) is 0.440. The molecule has 0 radical (unpaired) electrons. The molecule has 8 nitrogen and oxygen atoms in total. The average molecular weight is 480 g/mol. The van der Waals surface area contributed by atoms with E-state index in [9.17, 15) is 14.4 Å². The molecule has 2 aromatic heterocycles. The van der Waals surface area contributed by atoms with Gasteiger partial charge < -0.3 is 15.5 Å². The molecule has 1 aliphatic carbocycles. The lowest BCUT2D eigenvalue weighted by Crippen LogP contribution is -2.52. The lowest BCUT2D eigenvalue weighted by molar-refractivity contribution is -0.135. The number of H-pyrrole nitrogens is 1. The number of nitrogens with one attached hydrogen (secondary N) is 3. The minimum atomic E-state index is -0.559. The van der Waals surface area contributed by atoms with Crippen LogP contribution < -0.4 is 10.6 Å². The van der Waals surface area contributed by atoms with Crippen molar-refractivity contribution in [2.24, 2.45) is 11.8 Å². The topological polar surface area (TPSA) is 107 Å². The summed E-state index contributed by atoms with van der Waals surface area (Å²) in [5.41, 5.74) is 2.41. The molecular formula is C25H29N5O3S. The lowest BCUT2D eigenvalue weighted by atomic mass is 9.94. The first kappa shape index (κ1) is 22.6. The number of carbonyl (C=O) groups is 3. The van der Waals surface area contributed by atoms with E-state index in [1.54, 1.807) is 25.4 Å². The van der Waals surface area contributed by atoms with Crippen LogP contribution in [0.1, 0.15) is 56.7 Å². The Kier molecular flexibility index (Phi) is 6.12. The quantitative estimate of drug-likeness (QED) is 0.523. The fourth-order valence-corrected chi connectivity index (χ4v) is 6.31. The first-order chi connectivity index (χ1) is 16.4. The lowest BCUT2D eigenvalue weighted by Gasteiger charge is -2.33. The molecule has 9 heteroatoms. The summed E-state index contributed by atoms with van der Waals surface area (Å²) in [6.45, 7) is 3.27. The van der Waals surface area contributed by atoms with E-state index in [2.05, 4.69) is 27.8 Å². The maximum atomic E-state index is 13.8. The molecule has 3 amide bonds. The Bertz CT molecular complexity index is 1250. The van der Waals surface area contributed by atoms with Gasteiger partial charge in [-0.1, -0.05) is 13.3 Å². The molecule has 0 saturated heterocycles. The molecule has 1 fully saturated rings. The van der Waals surface area contributed by atoms with E-state index >= 15 is 0 Å². The zero-order valence-corrected chi connectivity index (χ0v) is 20.2. The summed E-state index contributed by atoms with van der Waals surface area (Å²) in [6.07, 6.45) is 5.33. The molecule has 2 unspecified atom stereocenters. The molecule has 2 aliphatic rings. The van der Waals surface area contributed by atoms with Crippen LogP contribution in [0.4, 0.5) is 0 Å². The van der Waals surface area contributed by atoms with Gasteiger partial charge in [0.05, 0.1) is 16.6 Å². The molecule has 34 heavy (non-hydrogen) atoms. The van der Waals surface area contributed by atoms with Crippen LogP contribution in [0, 0.1) is 11.8 Å². The van der Waals surface area contributed by atoms with Crippen LogP contribution in [-0.2, 0) is 17.8 Å². The van der Waals surface area contributed by atoms with Gasteiger partial charge in [-0.3, -0.25) is 19.5 Å². The van der Waals surface area contributed by atoms with Crippen molar-refractivity contribution in [1.29, 1.82) is 0 Å². The summed E-state index contributed by atoms with van der Waals surface area (Å²) in [4.78, 5) is 42.7. The Labute approximate surface area is 202 Å². The van der Waals surface area contributed by atoms with Crippen LogP contribution in [0.25, 0.3) is 10.9 Å². The van der Waals surface area contributed by atoms with Gasteiger partial charge in [0.2, 0.25) is 5.91 Å². The second-order valence-corrected chi connectivity index (χ2v) is 10.6. The molecule has 1 saturated carbocycles. The minimum absolute atomic E-state index is 0.0322. The van der Waals surface area contributed by atoms with Crippen molar-refractivity contribution < 1.29 is 14.4 Å². The number of rotatable bonds is 5. The zero-order chi connectivity index (χ0) is 23.8. The van der Waals surface area contributed by atoms with Crippen molar-refractivity contribution in [1.82, 2.24) is 25.7 Å². The molecular weight excluding hydrogens is 450 g/mol. The number of amides is 3. The van der Waals surface area contributed by atoms with Gasteiger partial charge in [0.15, 0.2) is 0 Å². The minimum Gasteiger partial charge on any atom is -0.354 e. The van der Waals surface area contributed by atoms with Crippen LogP contribution in [-0.4, -0.2) is 52.5 Å². The highest BCUT2D eigenvalue weighted by molar-refractivity contribution is 7.14. The van der Waals surface area contributed by atoms with Gasteiger partial charge in [0, 0.05) is 36.0 Å². The third kappa shape index (κ3) is 4.32. The normalized spacial score (nSPS) is 20.7. The predicted molar refractivity (Wildman–Crippen MR) is 131 cm³/mol. The average Bonchev–Trinajstić information content (AvgIpc) is 3.59. The molecule has 178 valence electrons. The predicted octanol–water partition coefficient (Wildman–Crippen LogP) is 3.10. The van der Waals surface area contributed by atoms with E-state index < -0.39 is 6.04 Å². The Balaban J connectivity index is 1.36. The van der Waals surface area contributed by atoms with Crippen LogP contribution in [0.5, 0.6) is 0 Å². The summed E-state index contributed by atoms with van der Waals surface area (Å²) < 4.78 is 0. The third-order valence-corrected chi connectivity index (χ3v) is 8.33. The Morgan fingerprint density at radius 2 is 2.06 bits per heavy atom. The van der Waals surface area contributed by atoms with Crippen molar-refractivity contribution in [3.63, 3.8) is 0 Å². The van der Waals surface area contributed by atoms with Crippen molar-refractivity contribution in [3.05, 3.63) is 51.3 Å². The van der Waals surface area contributed by atoms with Gasteiger partial charge in [0.1, 0.15) is 6.04 Å². The molecule has 1 aliphatic heterocycles. The first-order valence-electron chi connectivity index (χ1n) is 11.8. The van der Waals surface area contributed by atoms with Gasteiger partial charge >= 0.3 is 0 Å². The fourth-order valence-electron chi connectivity index (χ4n) is 5.20. The maximum absolute atomic E-state index is 13.8. The van der Waals surface area contributed by atoms with E-state index in [4.69, 9.17) is 0 Å². The highest BCUT2D eigenvalue weighted by Gasteiger charge is 2.38. The SMILES string of the molecule is CNC(=O)c1cc2c(s1)CCN(C(=O)[C@H](NC(=O)c1ccc3[nH]ncc3c1)C1CCC(C)C1)C2. The summed E-state index contributed by atoms with van der Waals surface area (Å²) in [7, 11) is 1.62. The van der Waals surface area contributed by atoms with Gasteiger partial charge in [-0.25, -0.2) is 0 Å². The Morgan fingerprint density at radius 1 is 1.21 bits per heavy atom. The van der Waals surface area contributed by atoms with Crippen LogP contribution in [0.15, 0.2) is 30.5 Å². The summed E-state index contributed by atoms with van der Waals surface area (Å²) in [6, 6.07) is 6.72. The summed E-state index contributed by atoms with van der Waals surface area (Å²) >= 11 is 1.50. The molecule has 1 aromatic carbocycles. The maximum Gasteiger partial charge on any atom is 0.261 e. The van der Waals surface area contributed by atoms with Crippen LogP contribution in [0.3, 0.4) is 0 Å². The molecule has 3 aromatic rings. The standard InChI is InChI=1S/C25H29N5O3S/c1-14-3-4-15(9-14)22(28-23(31)16-5-6-19-17(10-16)12-27-29-19)25(33)30-8-7-20-18(13-30)11-21(34-20)24(32)26-2/h5-6,10-12,14-15,22H,3-4,7-9,13H2,1-2H3,(H,26,32)(H,27,29)(H,28,31)/t14?,15?,22-/m1/s1. The van der Waals surface area contributed by atoms with Crippen molar-refractivity contribution in [3.8, 4) is 0 Å². The number of benzene rings is 1. The van der Waals surface area contributed by atoms with E-state index in [0.717, 1.165) is 47.0 Å². The van der Waals surface area contributed by atoms with Crippen LogP contribution >= 0.6 is 11.3 Å². The van der Waals surface area contributed by atoms with Gasteiger partial charge in [-0.15, -0.1) is 11.3 Å². The van der Waals surface area contributed by atoms with E-state index in [1.807, 2.05) is 17.0 Å². The van der Waals surface area contributed by atoms with Crippen LogP contribution in [0.2, 0.25) is 0 Å². The third-order valence-electron chi connectivity index (χ3n) is 7.09. The summed E-state index contributed by atoms with van der Waals surface area (Å²) in [5, 5.41) is 13.5. The first-order valence-corrected chi connectivity index (χ1v) is 12.6. The van der Waals surface area contributed by atoms with E-state index in [-0.39, 0.29) is 23.6 Å². The molecule has 0 spiro atoms. The number of aromatic amines is 1. The molecule has 5 rings (SSSR count). The zero-order valence-electron chi connectivity index (χ0n) is 19.4. The van der Waals surface area contributed by atoms with E-state index in [1.165, 1.54) is 11.3 Å². The Morgan fingerprint density at radius 3 is 2.82 bits per heavy atom. The Hall–Kier alpha value is -3.20. The van der Waals surface area contributed by atoms with Gasteiger partial charge in [0.25, 0.3) is 11.8 Å². The van der Waals surface area contributed by atoms with Gasteiger partial charge in [-0.2, -0.15) is 5.10 Å². The monoisotopic (exact) mass is 479 g/mol. The second kappa shape index (κ2) is 9.21. The molecule has 3 atom stereocenters. The number of fused-ring (bicyclic) bond motifs is 2. The number of aromatic nitrogens is 2. The number of hydrogen-bond donors (Lipinski definition) is 3. The van der Waals surface area contributed by atoms with Crippen molar-refractivity contribution in [2.45, 2.75) is 45.2 Å². The van der Waals surface area contributed by atoms with Crippen molar-refractivity contribution in [2.75, 3.05) is 13.6 Å². The van der Waals surface area contributed by atoms with Crippen molar-refractivity contribution >= 4 is 40.0 Å². The van der Waals surface area contributed by atoms with E-state index in [0.29, 0.717) is 29.4 Å². The highest BCUT2D eigenvalue weighted by Crippen LogP contribution is 2.35. The largest absolute Gasteiger partial charge is 0.354 e. The molecule has 0 bridgehead atoms. The number of nitrogens with zero attached hydrogens (tertiary/aromatic N) is 2. The summed E-state index contributed by atoms with van der Waals surface area (Å²) in [5.74, 6) is 0.289. The smallest absolute Gasteiger partial charge is 0.261 e. The second-order valence-electron chi connectivity index (χ2n) is 9.45. The molecule has 3 N–H and O–H groups in total. The number of hydrogen-bond acceptors (Lipinski definition) is 5.